The number of nitrogens with one attached hydrogen (secondary N) is 1. The smallest absolute Gasteiger partial charge is 0.243 e. The summed E-state index contributed by atoms with van der Waals surface area (Å²) in [7, 11) is -3.44. The molecule has 1 amide bonds. The first-order valence-corrected chi connectivity index (χ1v) is 9.00. The highest BCUT2D eigenvalue weighted by molar-refractivity contribution is 7.89. The minimum atomic E-state index is -3.44. The first-order chi connectivity index (χ1) is 9.32. The van der Waals surface area contributed by atoms with Crippen molar-refractivity contribution in [2.24, 2.45) is 11.8 Å². The number of thiophene rings is 1. The molecule has 5 nitrogen and oxygen atoms in total. The monoisotopic (exact) mass is 316 g/mol. The van der Waals surface area contributed by atoms with E-state index in [2.05, 4.69) is 19.2 Å². The fraction of sp³-hybridized carbons (Fsp3) is 0.615. The van der Waals surface area contributed by atoms with Gasteiger partial charge in [-0.3, -0.25) is 4.79 Å². The molecule has 2 atom stereocenters. The van der Waals surface area contributed by atoms with Gasteiger partial charge in [0, 0.05) is 31.4 Å². The van der Waals surface area contributed by atoms with Crippen molar-refractivity contribution in [1.29, 1.82) is 0 Å². The molecule has 0 aromatic carbocycles. The van der Waals surface area contributed by atoms with Crippen LogP contribution in [0.15, 0.2) is 21.7 Å². The Labute approximate surface area is 124 Å². The number of rotatable bonds is 4. The summed E-state index contributed by atoms with van der Waals surface area (Å²) in [4.78, 5) is 11.6. The lowest BCUT2D eigenvalue weighted by Crippen LogP contribution is -2.41. The van der Waals surface area contributed by atoms with Gasteiger partial charge in [0.2, 0.25) is 15.9 Å². The number of sulfonamides is 1. The van der Waals surface area contributed by atoms with Crippen LogP contribution >= 0.6 is 11.3 Å². The topological polar surface area (TPSA) is 66.5 Å². The van der Waals surface area contributed by atoms with Crippen LogP contribution < -0.4 is 5.32 Å². The number of carbonyl (C=O) groups is 1. The van der Waals surface area contributed by atoms with E-state index >= 15 is 0 Å². The Kier molecular flexibility index (Phi) is 4.51. The maximum atomic E-state index is 12.5. The molecular weight excluding hydrogens is 296 g/mol. The lowest BCUT2D eigenvalue weighted by Gasteiger charge is -2.21. The number of hydrogen-bond donors (Lipinski definition) is 1. The summed E-state index contributed by atoms with van der Waals surface area (Å²) in [6.45, 7) is 6.38. The molecule has 1 aromatic heterocycles. The van der Waals surface area contributed by atoms with Crippen LogP contribution in [0.25, 0.3) is 0 Å². The summed E-state index contributed by atoms with van der Waals surface area (Å²) in [5.41, 5.74) is 0. The Balaban J connectivity index is 2.21. The molecule has 2 heterocycles. The van der Waals surface area contributed by atoms with E-state index in [1.807, 2.05) is 0 Å². The summed E-state index contributed by atoms with van der Waals surface area (Å²) in [6.07, 6.45) is 0. The summed E-state index contributed by atoms with van der Waals surface area (Å²) >= 11 is 1.37. The second-order valence-electron chi connectivity index (χ2n) is 5.50. The highest BCUT2D eigenvalue weighted by Crippen LogP contribution is 2.29. The van der Waals surface area contributed by atoms with Crippen molar-refractivity contribution in [3.8, 4) is 0 Å². The van der Waals surface area contributed by atoms with Gasteiger partial charge in [0.15, 0.2) is 0 Å². The van der Waals surface area contributed by atoms with E-state index < -0.39 is 10.0 Å². The standard InChI is InChI=1S/C13H20N2O3S2/c1-9(2)12-6-15(7-13(12)14-10(3)16)20(17,18)11-4-5-19-8-11/h4-5,8-9,12-13H,6-7H2,1-3H3,(H,14,16). The van der Waals surface area contributed by atoms with E-state index in [1.165, 1.54) is 22.6 Å². The van der Waals surface area contributed by atoms with Crippen molar-refractivity contribution in [1.82, 2.24) is 9.62 Å². The lowest BCUT2D eigenvalue weighted by molar-refractivity contribution is -0.119. The van der Waals surface area contributed by atoms with Crippen LogP contribution in [-0.4, -0.2) is 37.8 Å². The van der Waals surface area contributed by atoms with Gasteiger partial charge in [-0.2, -0.15) is 15.6 Å². The molecule has 1 fully saturated rings. The van der Waals surface area contributed by atoms with Crippen LogP contribution in [-0.2, 0) is 14.8 Å². The van der Waals surface area contributed by atoms with Gasteiger partial charge in [-0.25, -0.2) is 8.42 Å². The van der Waals surface area contributed by atoms with Gasteiger partial charge in [0.05, 0.1) is 4.90 Å². The first kappa shape index (κ1) is 15.5. The molecule has 7 heteroatoms. The Morgan fingerprint density at radius 2 is 2.15 bits per heavy atom. The molecule has 112 valence electrons. The maximum absolute atomic E-state index is 12.5. The fourth-order valence-corrected chi connectivity index (χ4v) is 5.14. The van der Waals surface area contributed by atoms with Gasteiger partial charge in [0.25, 0.3) is 0 Å². The van der Waals surface area contributed by atoms with Crippen LogP contribution in [0, 0.1) is 11.8 Å². The Bertz CT molecular complexity index is 566. The molecular formula is C13H20N2O3S2. The van der Waals surface area contributed by atoms with Crippen LogP contribution in [0.1, 0.15) is 20.8 Å². The first-order valence-electron chi connectivity index (χ1n) is 6.62. The molecule has 2 rings (SSSR count). The highest BCUT2D eigenvalue weighted by Gasteiger charge is 2.40. The van der Waals surface area contributed by atoms with E-state index in [0.717, 1.165) is 0 Å². The zero-order valence-corrected chi connectivity index (χ0v) is 13.5. The number of carbonyl (C=O) groups excluding carboxylic acids is 1. The van der Waals surface area contributed by atoms with Crippen LogP contribution in [0.2, 0.25) is 0 Å². The Morgan fingerprint density at radius 1 is 1.45 bits per heavy atom. The van der Waals surface area contributed by atoms with Crippen LogP contribution in [0.4, 0.5) is 0 Å². The minimum Gasteiger partial charge on any atom is -0.352 e. The van der Waals surface area contributed by atoms with Crippen molar-refractivity contribution < 1.29 is 13.2 Å². The summed E-state index contributed by atoms with van der Waals surface area (Å²) in [5.74, 6) is 0.345. The number of nitrogens with zero attached hydrogens (tertiary/aromatic N) is 1. The van der Waals surface area contributed by atoms with Gasteiger partial charge in [-0.05, 0) is 23.3 Å². The fourth-order valence-electron chi connectivity index (χ4n) is 2.62. The predicted molar refractivity (Wildman–Crippen MR) is 79.0 cm³/mol. The molecule has 0 bridgehead atoms. The molecule has 0 saturated carbocycles. The molecule has 0 spiro atoms. The normalized spacial score (nSPS) is 24.2. The number of amides is 1. The van der Waals surface area contributed by atoms with Crippen molar-refractivity contribution in [3.63, 3.8) is 0 Å². The molecule has 1 aromatic rings. The average Bonchev–Trinajstić information content (AvgIpc) is 2.96. The molecule has 0 aliphatic carbocycles. The van der Waals surface area contributed by atoms with Crippen LogP contribution in [0.5, 0.6) is 0 Å². The molecule has 20 heavy (non-hydrogen) atoms. The van der Waals surface area contributed by atoms with Crippen LogP contribution in [0.3, 0.4) is 0 Å². The second-order valence-corrected chi connectivity index (χ2v) is 8.21. The Hall–Kier alpha value is -0.920. The van der Waals surface area contributed by atoms with Gasteiger partial charge in [-0.15, -0.1) is 0 Å². The Morgan fingerprint density at radius 3 is 2.65 bits per heavy atom. The molecule has 2 unspecified atom stereocenters. The van der Waals surface area contributed by atoms with E-state index in [9.17, 15) is 13.2 Å². The third-order valence-corrected chi connectivity index (χ3v) is 6.37. The summed E-state index contributed by atoms with van der Waals surface area (Å²) < 4.78 is 26.5. The average molecular weight is 316 g/mol. The summed E-state index contributed by atoms with van der Waals surface area (Å²) in [6, 6.07) is 1.51. The third-order valence-electron chi connectivity index (χ3n) is 3.71. The maximum Gasteiger partial charge on any atom is 0.243 e. The minimum absolute atomic E-state index is 0.110. The molecule has 1 N–H and O–H groups in total. The van der Waals surface area contributed by atoms with Crippen molar-refractivity contribution in [2.45, 2.75) is 31.7 Å². The zero-order chi connectivity index (χ0) is 14.9. The van der Waals surface area contributed by atoms with E-state index in [1.54, 1.807) is 16.8 Å². The molecule has 1 saturated heterocycles. The van der Waals surface area contributed by atoms with Gasteiger partial charge in [-0.1, -0.05) is 13.8 Å². The van der Waals surface area contributed by atoms with Crippen molar-refractivity contribution in [2.75, 3.05) is 13.1 Å². The molecule has 1 aliphatic rings. The molecule has 0 radical (unpaired) electrons. The predicted octanol–water partition coefficient (Wildman–Crippen LogP) is 1.53. The van der Waals surface area contributed by atoms with E-state index in [4.69, 9.17) is 0 Å². The SMILES string of the molecule is CC(=O)NC1CN(S(=O)(=O)c2ccsc2)CC1C(C)C. The zero-order valence-electron chi connectivity index (χ0n) is 11.9. The quantitative estimate of drug-likeness (QED) is 0.916. The van der Waals surface area contributed by atoms with Gasteiger partial charge in [0.1, 0.15) is 0 Å². The number of hydrogen-bond acceptors (Lipinski definition) is 4. The second kappa shape index (κ2) is 5.83. The lowest BCUT2D eigenvalue weighted by atomic mass is 9.91. The van der Waals surface area contributed by atoms with Gasteiger partial charge < -0.3 is 5.32 Å². The largest absolute Gasteiger partial charge is 0.352 e. The molecule has 1 aliphatic heterocycles. The highest BCUT2D eigenvalue weighted by atomic mass is 32.2. The van der Waals surface area contributed by atoms with Crippen molar-refractivity contribution in [3.05, 3.63) is 16.8 Å². The third kappa shape index (κ3) is 3.05. The summed E-state index contributed by atoms with van der Waals surface area (Å²) in [5, 5.41) is 6.28. The van der Waals surface area contributed by atoms with Gasteiger partial charge >= 0.3 is 0 Å². The van der Waals surface area contributed by atoms with Crippen molar-refractivity contribution >= 4 is 27.3 Å². The van der Waals surface area contributed by atoms with E-state index in [0.29, 0.717) is 23.9 Å². The van der Waals surface area contributed by atoms with E-state index in [-0.39, 0.29) is 17.9 Å².